The molecule has 0 radical (unpaired) electrons. The number of ether oxygens (including phenoxy) is 1. The first kappa shape index (κ1) is 14.7. The maximum atomic E-state index is 13.2. The van der Waals surface area contributed by atoms with Gasteiger partial charge < -0.3 is 10.5 Å². The molecule has 0 heterocycles. The number of hydrogen-bond acceptors (Lipinski definition) is 3. The van der Waals surface area contributed by atoms with Crippen molar-refractivity contribution in [3.8, 4) is 17.6 Å². The summed E-state index contributed by atoms with van der Waals surface area (Å²) in [6, 6.07) is 7.81. The van der Waals surface area contributed by atoms with Crippen LogP contribution in [0.3, 0.4) is 0 Å². The second-order valence-electron chi connectivity index (χ2n) is 4.10. The van der Waals surface area contributed by atoms with Crippen LogP contribution in [-0.2, 0) is 6.18 Å². The average molecular weight is 296 g/mol. The lowest BCUT2D eigenvalue weighted by Gasteiger charge is -2.11. The van der Waals surface area contributed by atoms with E-state index in [2.05, 4.69) is 0 Å². The first-order valence-electron chi connectivity index (χ1n) is 5.65. The third-order valence-electron chi connectivity index (χ3n) is 2.62. The van der Waals surface area contributed by atoms with Gasteiger partial charge in [-0.15, -0.1) is 0 Å². The molecule has 2 N–H and O–H groups in total. The Morgan fingerprint density at radius 2 is 1.67 bits per heavy atom. The van der Waals surface area contributed by atoms with Crippen LogP contribution in [0, 0.1) is 17.1 Å². The zero-order valence-corrected chi connectivity index (χ0v) is 10.4. The molecule has 0 atom stereocenters. The van der Waals surface area contributed by atoms with Gasteiger partial charge in [0.25, 0.3) is 0 Å². The predicted molar refractivity (Wildman–Crippen MR) is 67.0 cm³/mol. The number of nitrogens with two attached hydrogens (primary N) is 1. The second-order valence-corrected chi connectivity index (χ2v) is 4.10. The molecule has 0 amide bonds. The smallest absolute Gasteiger partial charge is 0.417 e. The van der Waals surface area contributed by atoms with Crippen LogP contribution >= 0.6 is 0 Å². The minimum Gasteiger partial charge on any atom is -0.457 e. The van der Waals surface area contributed by atoms with Gasteiger partial charge in [-0.1, -0.05) is 0 Å². The van der Waals surface area contributed by atoms with Crippen molar-refractivity contribution in [2.45, 2.75) is 6.18 Å². The van der Waals surface area contributed by atoms with Gasteiger partial charge in [0, 0.05) is 6.07 Å². The SMILES string of the molecule is N#Cc1cc(Oc2ccc(N)c(F)c2)ccc1C(F)(F)F. The molecule has 108 valence electrons. The van der Waals surface area contributed by atoms with Crippen molar-refractivity contribution in [1.29, 1.82) is 5.26 Å². The van der Waals surface area contributed by atoms with E-state index in [1.807, 2.05) is 0 Å². The largest absolute Gasteiger partial charge is 0.457 e. The number of nitrogen functional groups attached to an aromatic ring is 1. The van der Waals surface area contributed by atoms with E-state index >= 15 is 0 Å². The van der Waals surface area contributed by atoms with E-state index in [0.717, 1.165) is 24.3 Å². The maximum Gasteiger partial charge on any atom is 0.417 e. The van der Waals surface area contributed by atoms with Crippen molar-refractivity contribution in [1.82, 2.24) is 0 Å². The summed E-state index contributed by atoms with van der Waals surface area (Å²) in [5, 5.41) is 8.77. The first-order valence-corrected chi connectivity index (χ1v) is 5.65. The Kier molecular flexibility index (Phi) is 3.72. The molecular formula is C14H8F4N2O. The molecule has 0 saturated heterocycles. The molecule has 0 unspecified atom stereocenters. The van der Waals surface area contributed by atoms with E-state index in [-0.39, 0.29) is 17.2 Å². The van der Waals surface area contributed by atoms with Gasteiger partial charge >= 0.3 is 6.18 Å². The summed E-state index contributed by atoms with van der Waals surface area (Å²) < 4.78 is 56.4. The maximum absolute atomic E-state index is 13.2. The molecule has 0 fully saturated rings. The summed E-state index contributed by atoms with van der Waals surface area (Å²) >= 11 is 0. The van der Waals surface area contributed by atoms with Crippen molar-refractivity contribution >= 4 is 5.69 Å². The Morgan fingerprint density at radius 1 is 1.05 bits per heavy atom. The molecule has 2 aromatic carbocycles. The lowest BCUT2D eigenvalue weighted by Crippen LogP contribution is -2.07. The summed E-state index contributed by atoms with van der Waals surface area (Å²) in [5.74, 6) is -0.658. The average Bonchev–Trinajstić information content (AvgIpc) is 2.41. The zero-order valence-electron chi connectivity index (χ0n) is 10.4. The Morgan fingerprint density at radius 3 is 2.24 bits per heavy atom. The van der Waals surface area contributed by atoms with Crippen LogP contribution in [0.1, 0.15) is 11.1 Å². The molecule has 0 bridgehead atoms. The predicted octanol–water partition coefficient (Wildman–Crippen LogP) is 4.09. The molecule has 0 spiro atoms. The molecule has 0 aliphatic carbocycles. The van der Waals surface area contributed by atoms with Gasteiger partial charge in [0.2, 0.25) is 0 Å². The highest BCUT2D eigenvalue weighted by Crippen LogP contribution is 2.34. The van der Waals surface area contributed by atoms with E-state index in [1.165, 1.54) is 18.2 Å². The van der Waals surface area contributed by atoms with E-state index in [0.29, 0.717) is 0 Å². The van der Waals surface area contributed by atoms with E-state index in [1.54, 1.807) is 0 Å². The third-order valence-corrected chi connectivity index (χ3v) is 2.62. The highest BCUT2D eigenvalue weighted by Gasteiger charge is 2.33. The normalized spacial score (nSPS) is 11.0. The van der Waals surface area contributed by atoms with Gasteiger partial charge in [0.05, 0.1) is 22.9 Å². The number of alkyl halides is 3. The Labute approximate surface area is 117 Å². The fourth-order valence-electron chi connectivity index (χ4n) is 1.63. The molecule has 21 heavy (non-hydrogen) atoms. The van der Waals surface area contributed by atoms with Crippen LogP contribution < -0.4 is 10.5 Å². The van der Waals surface area contributed by atoms with Crippen molar-refractivity contribution in [2.24, 2.45) is 0 Å². The molecule has 2 aromatic rings. The van der Waals surface area contributed by atoms with Gasteiger partial charge in [0.15, 0.2) is 0 Å². The van der Waals surface area contributed by atoms with Crippen molar-refractivity contribution in [2.75, 3.05) is 5.73 Å². The lowest BCUT2D eigenvalue weighted by molar-refractivity contribution is -0.137. The fourth-order valence-corrected chi connectivity index (χ4v) is 1.63. The summed E-state index contributed by atoms with van der Waals surface area (Å²) in [5.41, 5.74) is 3.59. The number of rotatable bonds is 2. The van der Waals surface area contributed by atoms with Crippen LogP contribution in [0.5, 0.6) is 11.5 Å². The first-order chi connectivity index (χ1) is 9.81. The van der Waals surface area contributed by atoms with Crippen LogP contribution in [0.15, 0.2) is 36.4 Å². The minimum atomic E-state index is -4.63. The number of hydrogen-bond donors (Lipinski definition) is 1. The molecule has 0 aromatic heterocycles. The van der Waals surface area contributed by atoms with E-state index in [4.69, 9.17) is 15.7 Å². The van der Waals surface area contributed by atoms with E-state index < -0.39 is 23.1 Å². The highest BCUT2D eigenvalue weighted by molar-refractivity contribution is 5.48. The van der Waals surface area contributed by atoms with Gasteiger partial charge in [0.1, 0.15) is 17.3 Å². The summed E-state index contributed by atoms with van der Waals surface area (Å²) in [6.45, 7) is 0. The lowest BCUT2D eigenvalue weighted by atomic mass is 10.1. The molecular weight excluding hydrogens is 288 g/mol. The van der Waals surface area contributed by atoms with Crippen molar-refractivity contribution in [3.63, 3.8) is 0 Å². The number of benzene rings is 2. The fraction of sp³-hybridized carbons (Fsp3) is 0.0714. The number of anilines is 1. The number of nitriles is 1. The zero-order chi connectivity index (χ0) is 15.6. The number of nitrogens with zero attached hydrogens (tertiary/aromatic N) is 1. The molecule has 0 saturated carbocycles. The summed E-state index contributed by atoms with van der Waals surface area (Å²) in [6.07, 6.45) is -4.63. The third kappa shape index (κ3) is 3.23. The van der Waals surface area contributed by atoms with Gasteiger partial charge in [-0.2, -0.15) is 18.4 Å². The van der Waals surface area contributed by atoms with Gasteiger partial charge in [-0.25, -0.2) is 4.39 Å². The minimum absolute atomic E-state index is 0.0104. The standard InChI is InChI=1S/C14H8F4N2O/c15-12-6-10(2-4-13(12)20)21-9-1-3-11(14(16,17)18)8(5-9)7-19/h1-6H,20H2. The molecule has 3 nitrogen and oxygen atoms in total. The monoisotopic (exact) mass is 296 g/mol. The van der Waals surface area contributed by atoms with Crippen LogP contribution in [0.25, 0.3) is 0 Å². The summed E-state index contributed by atoms with van der Waals surface area (Å²) in [4.78, 5) is 0. The Balaban J connectivity index is 2.34. The van der Waals surface area contributed by atoms with Crippen LogP contribution in [0.2, 0.25) is 0 Å². The van der Waals surface area contributed by atoms with Gasteiger partial charge in [-0.3, -0.25) is 0 Å². The van der Waals surface area contributed by atoms with Gasteiger partial charge in [-0.05, 0) is 30.3 Å². The second kappa shape index (κ2) is 5.32. The molecule has 0 aliphatic rings. The molecule has 7 heteroatoms. The molecule has 2 rings (SSSR count). The van der Waals surface area contributed by atoms with Crippen molar-refractivity contribution < 1.29 is 22.3 Å². The summed E-state index contributed by atoms with van der Waals surface area (Å²) in [7, 11) is 0. The van der Waals surface area contributed by atoms with Crippen molar-refractivity contribution in [3.05, 3.63) is 53.3 Å². The van der Waals surface area contributed by atoms with Crippen LogP contribution in [0.4, 0.5) is 23.2 Å². The Hall–Kier alpha value is -2.75. The Bertz CT molecular complexity index is 720. The highest BCUT2D eigenvalue weighted by atomic mass is 19.4. The van der Waals surface area contributed by atoms with E-state index in [9.17, 15) is 17.6 Å². The molecule has 0 aliphatic heterocycles. The van der Waals surface area contributed by atoms with Crippen LogP contribution in [-0.4, -0.2) is 0 Å². The topological polar surface area (TPSA) is 59.0 Å². The quantitative estimate of drug-likeness (QED) is 0.670. The number of halogens is 4.